The highest BCUT2D eigenvalue weighted by molar-refractivity contribution is 6.13. The Kier molecular flexibility index (Phi) is 8.08. The van der Waals surface area contributed by atoms with Crippen molar-refractivity contribution < 1.29 is 0 Å². The quantitative estimate of drug-likeness (QED) is 0.166. The summed E-state index contributed by atoms with van der Waals surface area (Å²) in [4.78, 5) is 14.7. The fraction of sp³-hybridized carbons (Fsp3) is 0. The zero-order valence-electron chi connectivity index (χ0n) is 29.8. The van der Waals surface area contributed by atoms with Gasteiger partial charge in [-0.2, -0.15) is 5.10 Å². The van der Waals surface area contributed by atoms with Crippen molar-refractivity contribution in [3.05, 3.63) is 200 Å². The maximum Gasteiger partial charge on any atom is 0.164 e. The van der Waals surface area contributed by atoms with E-state index in [0.29, 0.717) is 17.5 Å². The van der Waals surface area contributed by atoms with E-state index in [-0.39, 0.29) is 0 Å². The molecule has 0 bridgehead atoms. The van der Waals surface area contributed by atoms with Gasteiger partial charge in [0.15, 0.2) is 17.5 Å². The highest BCUT2D eigenvalue weighted by Crippen LogP contribution is 2.43. The zero-order chi connectivity index (χ0) is 36.6. The molecule has 0 atom stereocenters. The van der Waals surface area contributed by atoms with E-state index in [2.05, 4.69) is 138 Å². The normalized spacial score (nSPS) is 11.3. The lowest BCUT2D eigenvalue weighted by Crippen LogP contribution is -2.00. The molecule has 0 saturated heterocycles. The van der Waals surface area contributed by atoms with Crippen LogP contribution in [0.5, 0.6) is 0 Å². The van der Waals surface area contributed by atoms with Gasteiger partial charge in [0, 0.05) is 38.8 Å². The van der Waals surface area contributed by atoms with E-state index in [1.54, 1.807) is 0 Å². The minimum absolute atomic E-state index is 0.638. The van der Waals surface area contributed by atoms with Crippen molar-refractivity contribution in [3.8, 4) is 78.8 Å². The Balaban J connectivity index is 1.06. The van der Waals surface area contributed by atoms with Crippen LogP contribution in [0.15, 0.2) is 200 Å². The standard InChI is InChI=1S/C50H33N5/c1-5-15-36(16-6-1)44-33-51-55-46(38-17-7-2-8-18-38)45(42-23-13-14-24-43(42)47(44)55)37-29-25-34(26-30-37)35-27-31-41(32-28-35)50-53-48(39-19-9-3-10-20-39)52-49(54-50)40-21-11-4-12-22-40/h1-33H. The third-order valence-corrected chi connectivity index (χ3v) is 10.2. The van der Waals surface area contributed by atoms with Crippen LogP contribution in [0.2, 0.25) is 0 Å². The summed E-state index contributed by atoms with van der Waals surface area (Å²) in [5.74, 6) is 1.94. The Morgan fingerprint density at radius 1 is 0.309 bits per heavy atom. The predicted octanol–water partition coefficient (Wildman–Crippen LogP) is 12.3. The van der Waals surface area contributed by atoms with Crippen molar-refractivity contribution in [3.63, 3.8) is 0 Å². The maximum absolute atomic E-state index is 5.05. The number of rotatable bonds is 7. The number of nitrogens with zero attached hydrogens (tertiary/aromatic N) is 5. The number of fused-ring (bicyclic) bond motifs is 3. The first-order valence-corrected chi connectivity index (χ1v) is 18.4. The highest BCUT2D eigenvalue weighted by Gasteiger charge is 2.21. The van der Waals surface area contributed by atoms with E-state index < -0.39 is 0 Å². The summed E-state index contributed by atoms with van der Waals surface area (Å²) < 4.78 is 2.13. The van der Waals surface area contributed by atoms with Gasteiger partial charge in [-0.1, -0.05) is 194 Å². The summed E-state index contributed by atoms with van der Waals surface area (Å²) in [6.45, 7) is 0. The Hall–Kier alpha value is -7.50. The Morgan fingerprint density at radius 2 is 0.691 bits per heavy atom. The molecule has 0 saturated carbocycles. The number of benzene rings is 7. The lowest BCUT2D eigenvalue weighted by atomic mass is 9.91. The van der Waals surface area contributed by atoms with Crippen molar-refractivity contribution in [2.75, 3.05) is 0 Å². The Bertz CT molecular complexity index is 2870. The Morgan fingerprint density at radius 3 is 1.20 bits per heavy atom. The second kappa shape index (κ2) is 13.8. The van der Waals surface area contributed by atoms with Gasteiger partial charge in [0.1, 0.15) is 0 Å². The van der Waals surface area contributed by atoms with Crippen LogP contribution >= 0.6 is 0 Å². The third-order valence-electron chi connectivity index (χ3n) is 10.2. The van der Waals surface area contributed by atoms with Gasteiger partial charge in [-0.3, -0.25) is 0 Å². The van der Waals surface area contributed by atoms with E-state index in [9.17, 15) is 0 Å². The summed E-state index contributed by atoms with van der Waals surface area (Å²) in [7, 11) is 0. The second-order valence-corrected chi connectivity index (χ2v) is 13.5. The molecule has 3 aromatic heterocycles. The summed E-state index contributed by atoms with van der Waals surface area (Å²) in [6.07, 6.45) is 2.00. The largest absolute Gasteiger partial charge is 0.231 e. The smallest absolute Gasteiger partial charge is 0.164 e. The van der Waals surface area contributed by atoms with Gasteiger partial charge in [0.05, 0.1) is 17.4 Å². The van der Waals surface area contributed by atoms with Gasteiger partial charge in [-0.25, -0.2) is 19.5 Å². The SMILES string of the molecule is c1ccc(-c2nc(-c3ccccc3)nc(-c3ccc(-c4ccc(-c5c(-c6ccccc6)n6ncc(-c7ccccc7)c6c6ccccc56)cc4)cc3)n2)cc1. The fourth-order valence-corrected chi connectivity index (χ4v) is 7.48. The number of hydrogen-bond donors (Lipinski definition) is 0. The fourth-order valence-electron chi connectivity index (χ4n) is 7.48. The van der Waals surface area contributed by atoms with Crippen LogP contribution in [0.25, 0.3) is 95.1 Å². The minimum atomic E-state index is 0.638. The van der Waals surface area contributed by atoms with Crippen molar-refractivity contribution in [2.45, 2.75) is 0 Å². The van der Waals surface area contributed by atoms with Crippen molar-refractivity contribution in [2.24, 2.45) is 0 Å². The first-order chi connectivity index (χ1) is 27.3. The van der Waals surface area contributed by atoms with Crippen LogP contribution in [-0.2, 0) is 0 Å². The van der Waals surface area contributed by atoms with Crippen LogP contribution in [0.1, 0.15) is 0 Å². The van der Waals surface area contributed by atoms with Crippen LogP contribution < -0.4 is 0 Å². The van der Waals surface area contributed by atoms with Gasteiger partial charge in [0.25, 0.3) is 0 Å². The molecular weight excluding hydrogens is 671 g/mol. The molecule has 0 aliphatic carbocycles. The number of pyridine rings is 1. The van der Waals surface area contributed by atoms with Crippen molar-refractivity contribution >= 4 is 16.3 Å². The number of aromatic nitrogens is 5. The molecule has 10 rings (SSSR count). The second-order valence-electron chi connectivity index (χ2n) is 13.5. The lowest BCUT2D eigenvalue weighted by molar-refractivity contribution is 0.976. The van der Waals surface area contributed by atoms with Gasteiger partial charge in [-0.15, -0.1) is 0 Å². The van der Waals surface area contributed by atoms with E-state index in [4.69, 9.17) is 20.1 Å². The molecule has 0 radical (unpaired) electrons. The molecule has 258 valence electrons. The van der Waals surface area contributed by atoms with Crippen LogP contribution in [0.4, 0.5) is 0 Å². The maximum atomic E-state index is 5.05. The molecule has 0 aliphatic heterocycles. The molecule has 0 N–H and O–H groups in total. The molecule has 7 aromatic carbocycles. The van der Waals surface area contributed by atoms with E-state index in [1.807, 2.05) is 66.9 Å². The van der Waals surface area contributed by atoms with Gasteiger partial charge in [0.2, 0.25) is 0 Å². The van der Waals surface area contributed by atoms with Gasteiger partial charge in [-0.05, 0) is 27.6 Å². The summed E-state index contributed by atoms with van der Waals surface area (Å²) in [6, 6.07) is 67.3. The molecule has 0 unspecified atom stereocenters. The zero-order valence-corrected chi connectivity index (χ0v) is 29.8. The average Bonchev–Trinajstić information content (AvgIpc) is 3.73. The molecule has 3 heterocycles. The van der Waals surface area contributed by atoms with E-state index >= 15 is 0 Å². The summed E-state index contributed by atoms with van der Waals surface area (Å²) in [5.41, 5.74) is 12.9. The van der Waals surface area contributed by atoms with Crippen LogP contribution in [0, 0.1) is 0 Å². The number of hydrogen-bond acceptors (Lipinski definition) is 4. The summed E-state index contributed by atoms with van der Waals surface area (Å²) >= 11 is 0. The Labute approximate surface area is 318 Å². The van der Waals surface area contributed by atoms with Crippen molar-refractivity contribution in [1.29, 1.82) is 0 Å². The highest BCUT2D eigenvalue weighted by atomic mass is 15.2. The molecule has 5 nitrogen and oxygen atoms in total. The van der Waals surface area contributed by atoms with E-state index in [0.717, 1.165) is 72.2 Å². The molecule has 55 heavy (non-hydrogen) atoms. The first kappa shape index (κ1) is 32.2. The minimum Gasteiger partial charge on any atom is -0.231 e. The molecule has 0 aliphatic rings. The van der Waals surface area contributed by atoms with Crippen molar-refractivity contribution in [1.82, 2.24) is 24.6 Å². The molecule has 10 aromatic rings. The molecule has 0 amide bonds. The third kappa shape index (κ3) is 5.94. The molecule has 5 heteroatoms. The molecule has 0 fully saturated rings. The summed E-state index contributed by atoms with van der Waals surface area (Å²) in [5, 5.41) is 7.40. The van der Waals surface area contributed by atoms with Crippen LogP contribution in [0.3, 0.4) is 0 Å². The first-order valence-electron chi connectivity index (χ1n) is 18.4. The molecular formula is C50H33N5. The monoisotopic (exact) mass is 703 g/mol. The average molecular weight is 704 g/mol. The topological polar surface area (TPSA) is 56.0 Å². The molecule has 0 spiro atoms. The van der Waals surface area contributed by atoms with Gasteiger partial charge < -0.3 is 0 Å². The van der Waals surface area contributed by atoms with Gasteiger partial charge >= 0.3 is 0 Å². The predicted molar refractivity (Wildman–Crippen MR) is 224 cm³/mol. The van der Waals surface area contributed by atoms with E-state index in [1.165, 1.54) is 5.39 Å². The lowest BCUT2D eigenvalue weighted by Gasteiger charge is -2.18. The van der Waals surface area contributed by atoms with Crippen LogP contribution in [-0.4, -0.2) is 24.6 Å².